The normalized spacial score (nSPS) is 22.1. The van der Waals surface area contributed by atoms with E-state index in [0.717, 1.165) is 12.6 Å². The number of nitrogens with zero attached hydrogens (tertiary/aromatic N) is 2. The van der Waals surface area contributed by atoms with Gasteiger partial charge in [0.15, 0.2) is 0 Å². The van der Waals surface area contributed by atoms with Crippen LogP contribution in [-0.4, -0.2) is 50.2 Å². The van der Waals surface area contributed by atoms with E-state index in [1.807, 2.05) is 0 Å². The second-order valence-electron chi connectivity index (χ2n) is 5.63. The van der Waals surface area contributed by atoms with E-state index in [4.69, 9.17) is 0 Å². The first-order chi connectivity index (χ1) is 9.24. The lowest BCUT2D eigenvalue weighted by Gasteiger charge is -2.46. The fourth-order valence-corrected chi connectivity index (χ4v) is 3.20. The Bertz CT molecular complexity index is 435. The minimum Gasteiger partial charge on any atom is -0.368 e. The average Bonchev–Trinajstić information content (AvgIpc) is 2.61. The number of hydrogen-bond donors (Lipinski definition) is 1. The maximum atomic E-state index is 3.57. The van der Waals surface area contributed by atoms with Gasteiger partial charge in [-0.1, -0.05) is 15.9 Å². The van der Waals surface area contributed by atoms with Crippen LogP contribution in [0.2, 0.25) is 0 Å². The van der Waals surface area contributed by atoms with E-state index in [9.17, 15) is 0 Å². The molecular weight excluding hydrogens is 302 g/mol. The molecule has 104 valence electrons. The van der Waals surface area contributed by atoms with Crippen LogP contribution in [0.25, 0.3) is 0 Å². The first-order valence-corrected chi connectivity index (χ1v) is 7.99. The molecule has 0 amide bonds. The van der Waals surface area contributed by atoms with Crippen LogP contribution in [0.1, 0.15) is 12.0 Å². The Balaban J connectivity index is 1.58. The smallest absolute Gasteiger partial charge is 0.0447 e. The van der Waals surface area contributed by atoms with Crippen LogP contribution in [0.5, 0.6) is 0 Å². The summed E-state index contributed by atoms with van der Waals surface area (Å²) in [5, 5.41) is 3.48. The summed E-state index contributed by atoms with van der Waals surface area (Å²) in [5.74, 6) is 0. The van der Waals surface area contributed by atoms with Gasteiger partial charge in [-0.15, -0.1) is 0 Å². The molecule has 3 rings (SSSR count). The highest BCUT2D eigenvalue weighted by atomic mass is 79.9. The van der Waals surface area contributed by atoms with Gasteiger partial charge in [-0.2, -0.15) is 0 Å². The zero-order chi connectivity index (χ0) is 13.2. The summed E-state index contributed by atoms with van der Waals surface area (Å²) in [6, 6.07) is 7.42. The predicted molar refractivity (Wildman–Crippen MR) is 83.9 cm³/mol. The molecule has 0 radical (unpaired) electrons. The van der Waals surface area contributed by atoms with Gasteiger partial charge < -0.3 is 10.2 Å². The van der Waals surface area contributed by atoms with Gasteiger partial charge in [0.2, 0.25) is 0 Å². The molecule has 1 aromatic carbocycles. The molecule has 19 heavy (non-hydrogen) atoms. The Kier molecular flexibility index (Phi) is 4.10. The Morgan fingerprint density at radius 2 is 2.05 bits per heavy atom. The standard InChI is InChI=1S/C15H22BrN3/c1-12-9-13(3-4-15(12)16)19-10-14(11-19)18-7-2-5-17-6-8-18/h3-4,9,14,17H,2,5-8,10-11H2,1H3. The molecule has 0 saturated carbocycles. The highest BCUT2D eigenvalue weighted by Crippen LogP contribution is 2.27. The number of nitrogens with one attached hydrogen (secondary N) is 1. The Hall–Kier alpha value is -0.580. The quantitative estimate of drug-likeness (QED) is 0.900. The van der Waals surface area contributed by atoms with E-state index >= 15 is 0 Å². The fourth-order valence-electron chi connectivity index (χ4n) is 2.95. The molecular formula is C15H22BrN3. The summed E-state index contributed by atoms with van der Waals surface area (Å²) in [5.41, 5.74) is 2.69. The molecule has 1 aromatic rings. The van der Waals surface area contributed by atoms with Crippen molar-refractivity contribution in [3.8, 4) is 0 Å². The van der Waals surface area contributed by atoms with Gasteiger partial charge in [0, 0.05) is 42.4 Å². The summed E-state index contributed by atoms with van der Waals surface area (Å²) in [6.45, 7) is 9.31. The van der Waals surface area contributed by atoms with Crippen molar-refractivity contribution in [1.29, 1.82) is 0 Å². The van der Waals surface area contributed by atoms with Crippen LogP contribution in [-0.2, 0) is 0 Å². The van der Waals surface area contributed by atoms with Gasteiger partial charge in [-0.05, 0) is 50.2 Å². The second kappa shape index (κ2) is 5.81. The van der Waals surface area contributed by atoms with E-state index in [1.165, 1.54) is 54.9 Å². The van der Waals surface area contributed by atoms with Gasteiger partial charge in [0.1, 0.15) is 0 Å². The molecule has 0 unspecified atom stereocenters. The average molecular weight is 324 g/mol. The third kappa shape index (κ3) is 2.96. The molecule has 2 saturated heterocycles. The molecule has 2 aliphatic rings. The van der Waals surface area contributed by atoms with Crippen LogP contribution in [0.4, 0.5) is 5.69 Å². The fraction of sp³-hybridized carbons (Fsp3) is 0.600. The van der Waals surface area contributed by atoms with Gasteiger partial charge in [0.25, 0.3) is 0 Å². The van der Waals surface area contributed by atoms with Gasteiger partial charge in [0.05, 0.1) is 0 Å². The molecule has 2 fully saturated rings. The van der Waals surface area contributed by atoms with E-state index in [2.05, 4.69) is 56.2 Å². The lowest BCUT2D eigenvalue weighted by atomic mass is 10.0. The van der Waals surface area contributed by atoms with Crippen LogP contribution in [0.3, 0.4) is 0 Å². The SMILES string of the molecule is Cc1cc(N2CC(N3CCCNCC3)C2)ccc1Br. The zero-order valence-corrected chi connectivity index (χ0v) is 13.1. The summed E-state index contributed by atoms with van der Waals surface area (Å²) >= 11 is 3.57. The minimum absolute atomic E-state index is 0.754. The zero-order valence-electron chi connectivity index (χ0n) is 11.5. The third-order valence-electron chi connectivity index (χ3n) is 4.26. The lowest BCUT2D eigenvalue weighted by Crippen LogP contribution is -2.60. The highest BCUT2D eigenvalue weighted by Gasteiger charge is 2.31. The number of aryl methyl sites for hydroxylation is 1. The molecule has 0 aromatic heterocycles. The van der Waals surface area contributed by atoms with Crippen molar-refractivity contribution in [3.05, 3.63) is 28.2 Å². The van der Waals surface area contributed by atoms with Crippen LogP contribution in [0, 0.1) is 6.92 Å². The van der Waals surface area contributed by atoms with Crippen molar-refractivity contribution in [1.82, 2.24) is 10.2 Å². The largest absolute Gasteiger partial charge is 0.368 e. The molecule has 0 aliphatic carbocycles. The van der Waals surface area contributed by atoms with Crippen molar-refractivity contribution in [2.24, 2.45) is 0 Å². The molecule has 1 N–H and O–H groups in total. The first-order valence-electron chi connectivity index (χ1n) is 7.20. The Labute approximate surface area is 124 Å². The van der Waals surface area contributed by atoms with Gasteiger partial charge >= 0.3 is 0 Å². The maximum absolute atomic E-state index is 3.57. The minimum atomic E-state index is 0.754. The van der Waals surface area contributed by atoms with E-state index < -0.39 is 0 Å². The number of hydrogen-bond acceptors (Lipinski definition) is 3. The van der Waals surface area contributed by atoms with Crippen molar-refractivity contribution in [3.63, 3.8) is 0 Å². The molecule has 0 atom stereocenters. The predicted octanol–water partition coefficient (Wildman–Crippen LogP) is 2.24. The molecule has 0 bridgehead atoms. The molecule has 2 aliphatic heterocycles. The van der Waals surface area contributed by atoms with E-state index in [1.54, 1.807) is 0 Å². The third-order valence-corrected chi connectivity index (χ3v) is 5.15. The Morgan fingerprint density at radius 3 is 2.84 bits per heavy atom. The van der Waals surface area contributed by atoms with Crippen molar-refractivity contribution in [2.45, 2.75) is 19.4 Å². The molecule has 3 nitrogen and oxygen atoms in total. The Morgan fingerprint density at radius 1 is 1.21 bits per heavy atom. The molecule has 0 spiro atoms. The van der Waals surface area contributed by atoms with E-state index in [-0.39, 0.29) is 0 Å². The number of benzene rings is 1. The summed E-state index contributed by atoms with van der Waals surface area (Å²) in [6.07, 6.45) is 1.29. The summed E-state index contributed by atoms with van der Waals surface area (Å²) in [4.78, 5) is 5.14. The van der Waals surface area contributed by atoms with Crippen molar-refractivity contribution >= 4 is 21.6 Å². The summed E-state index contributed by atoms with van der Waals surface area (Å²) < 4.78 is 1.20. The second-order valence-corrected chi connectivity index (χ2v) is 6.49. The van der Waals surface area contributed by atoms with Gasteiger partial charge in [-0.25, -0.2) is 0 Å². The first kappa shape index (κ1) is 13.4. The van der Waals surface area contributed by atoms with E-state index in [0.29, 0.717) is 0 Å². The lowest BCUT2D eigenvalue weighted by molar-refractivity contribution is 0.177. The number of halogens is 1. The maximum Gasteiger partial charge on any atom is 0.0447 e. The number of rotatable bonds is 2. The topological polar surface area (TPSA) is 18.5 Å². The molecule has 4 heteroatoms. The van der Waals surface area contributed by atoms with Gasteiger partial charge in [-0.3, -0.25) is 4.90 Å². The molecule has 2 heterocycles. The monoisotopic (exact) mass is 323 g/mol. The van der Waals surface area contributed by atoms with Crippen LogP contribution >= 0.6 is 15.9 Å². The highest BCUT2D eigenvalue weighted by molar-refractivity contribution is 9.10. The summed E-state index contributed by atoms with van der Waals surface area (Å²) in [7, 11) is 0. The number of anilines is 1. The van der Waals surface area contributed by atoms with Crippen LogP contribution < -0.4 is 10.2 Å². The van der Waals surface area contributed by atoms with Crippen molar-refractivity contribution < 1.29 is 0 Å². The van der Waals surface area contributed by atoms with Crippen molar-refractivity contribution in [2.75, 3.05) is 44.2 Å². The van der Waals surface area contributed by atoms with Crippen LogP contribution in [0.15, 0.2) is 22.7 Å².